The highest BCUT2D eigenvalue weighted by atomic mass is 16.3. The second kappa shape index (κ2) is 7.75. The van der Waals surface area contributed by atoms with Crippen molar-refractivity contribution < 1.29 is 9.21 Å². The molecule has 0 aliphatic carbocycles. The summed E-state index contributed by atoms with van der Waals surface area (Å²) in [6.45, 7) is 2.04. The number of carbonyl (C=O) groups excluding carboxylic acids is 1. The summed E-state index contributed by atoms with van der Waals surface area (Å²) in [5, 5.41) is 8.81. The second-order valence-electron chi connectivity index (χ2n) is 6.26. The number of amides is 1. The Bertz CT molecular complexity index is 1110. The van der Waals surface area contributed by atoms with Gasteiger partial charge in [-0.3, -0.25) is 4.79 Å². The monoisotopic (exact) mass is 370 g/mol. The van der Waals surface area contributed by atoms with Crippen molar-refractivity contribution >= 4 is 12.1 Å². The van der Waals surface area contributed by atoms with E-state index in [4.69, 9.17) is 9.52 Å². The van der Waals surface area contributed by atoms with E-state index in [9.17, 15) is 4.79 Å². The van der Waals surface area contributed by atoms with E-state index in [1.165, 1.54) is 6.26 Å². The van der Waals surface area contributed by atoms with E-state index in [-0.39, 0.29) is 5.76 Å². The number of hydrogen-bond acceptors (Lipinski definition) is 4. The zero-order chi connectivity index (χ0) is 19.3. The highest BCUT2D eigenvalue weighted by Crippen LogP contribution is 2.23. The van der Waals surface area contributed by atoms with Crippen LogP contribution in [-0.2, 0) is 0 Å². The average molecular weight is 370 g/mol. The summed E-state index contributed by atoms with van der Waals surface area (Å²) in [7, 11) is 0. The lowest BCUT2D eigenvalue weighted by molar-refractivity contribution is 0.0927. The number of nitrogens with zero attached hydrogens (tertiary/aromatic N) is 3. The van der Waals surface area contributed by atoms with Gasteiger partial charge in [0, 0.05) is 17.3 Å². The lowest BCUT2D eigenvalue weighted by atomic mass is 10.1. The van der Waals surface area contributed by atoms with Gasteiger partial charge in [0.15, 0.2) is 5.76 Å². The van der Waals surface area contributed by atoms with E-state index in [0.29, 0.717) is 0 Å². The van der Waals surface area contributed by atoms with Crippen LogP contribution in [0.1, 0.15) is 21.7 Å². The Labute approximate surface area is 162 Å². The molecule has 1 amide bonds. The van der Waals surface area contributed by atoms with Gasteiger partial charge in [-0.05, 0) is 37.3 Å². The predicted molar refractivity (Wildman–Crippen MR) is 108 cm³/mol. The molecule has 6 nitrogen and oxygen atoms in total. The Kier molecular flexibility index (Phi) is 4.84. The number of para-hydroxylation sites is 1. The van der Waals surface area contributed by atoms with E-state index in [2.05, 4.69) is 16.6 Å². The molecule has 4 aromatic rings. The fraction of sp³-hybridized carbons (Fsp3) is 0.0455. The molecule has 0 aliphatic rings. The molecule has 0 radical (unpaired) electrons. The maximum atomic E-state index is 12.0. The molecule has 6 heteroatoms. The summed E-state index contributed by atoms with van der Waals surface area (Å²) in [6, 6.07) is 21.2. The molecule has 0 bridgehead atoms. The molecule has 1 N–H and O–H groups in total. The summed E-state index contributed by atoms with van der Waals surface area (Å²) in [5.41, 5.74) is 7.10. The number of benzene rings is 2. The molecule has 2 heterocycles. The van der Waals surface area contributed by atoms with Gasteiger partial charge in [0.25, 0.3) is 0 Å². The van der Waals surface area contributed by atoms with Gasteiger partial charge in [0.2, 0.25) is 0 Å². The Morgan fingerprint density at radius 1 is 1.11 bits per heavy atom. The van der Waals surface area contributed by atoms with Gasteiger partial charge in [-0.1, -0.05) is 42.0 Å². The topological polar surface area (TPSA) is 72.4 Å². The molecule has 0 saturated heterocycles. The molecular formula is C22H18N4O2. The van der Waals surface area contributed by atoms with Gasteiger partial charge in [-0.15, -0.1) is 0 Å². The lowest BCUT2D eigenvalue weighted by Crippen LogP contribution is -2.16. The van der Waals surface area contributed by atoms with Crippen molar-refractivity contribution in [2.24, 2.45) is 5.10 Å². The second-order valence-corrected chi connectivity index (χ2v) is 6.26. The smallest absolute Gasteiger partial charge is 0.307 e. The predicted octanol–water partition coefficient (Wildman–Crippen LogP) is 4.20. The minimum atomic E-state index is -0.409. The van der Waals surface area contributed by atoms with Crippen LogP contribution < -0.4 is 5.43 Å². The van der Waals surface area contributed by atoms with Crippen molar-refractivity contribution in [3.63, 3.8) is 0 Å². The summed E-state index contributed by atoms with van der Waals surface area (Å²) < 4.78 is 6.86. The number of furan rings is 1. The Morgan fingerprint density at radius 2 is 1.96 bits per heavy atom. The molecule has 0 spiro atoms. The summed E-state index contributed by atoms with van der Waals surface area (Å²) in [4.78, 5) is 12.0. The van der Waals surface area contributed by atoms with Crippen LogP contribution in [-0.4, -0.2) is 21.9 Å². The van der Waals surface area contributed by atoms with Crippen molar-refractivity contribution in [1.82, 2.24) is 15.2 Å². The van der Waals surface area contributed by atoms with Crippen LogP contribution in [0.4, 0.5) is 0 Å². The SMILES string of the molecule is Cc1cccc(-c2nn(-c3ccccc3)cc2/C=N\NC(=O)c2ccco2)c1. The molecule has 4 rings (SSSR count). The van der Waals surface area contributed by atoms with Crippen molar-refractivity contribution in [1.29, 1.82) is 0 Å². The number of hydrogen-bond donors (Lipinski definition) is 1. The van der Waals surface area contributed by atoms with Crippen LogP contribution in [0.5, 0.6) is 0 Å². The van der Waals surface area contributed by atoms with Crippen molar-refractivity contribution in [3.8, 4) is 16.9 Å². The van der Waals surface area contributed by atoms with Gasteiger partial charge in [-0.2, -0.15) is 10.2 Å². The average Bonchev–Trinajstić information content (AvgIpc) is 3.39. The van der Waals surface area contributed by atoms with E-state index in [1.54, 1.807) is 23.0 Å². The molecule has 2 aromatic carbocycles. The van der Waals surface area contributed by atoms with Gasteiger partial charge >= 0.3 is 5.91 Å². The third-order valence-electron chi connectivity index (χ3n) is 4.17. The largest absolute Gasteiger partial charge is 0.459 e. The Hall–Kier alpha value is -3.93. The zero-order valence-electron chi connectivity index (χ0n) is 15.2. The maximum absolute atomic E-state index is 12.0. The number of nitrogens with one attached hydrogen (secondary N) is 1. The first-order valence-electron chi connectivity index (χ1n) is 8.80. The molecule has 0 saturated carbocycles. The zero-order valence-corrected chi connectivity index (χ0v) is 15.2. The molecule has 0 atom stereocenters. The molecule has 2 aromatic heterocycles. The van der Waals surface area contributed by atoms with E-state index in [0.717, 1.165) is 28.1 Å². The van der Waals surface area contributed by atoms with Gasteiger partial charge < -0.3 is 4.42 Å². The number of carbonyl (C=O) groups is 1. The van der Waals surface area contributed by atoms with E-state index >= 15 is 0 Å². The standard InChI is InChI=1S/C22H18N4O2/c1-16-7-5-8-17(13-16)21-18(14-23-24-22(27)20-11-6-12-28-20)15-26(25-21)19-9-3-2-4-10-19/h2-15H,1H3,(H,24,27)/b23-14-. The molecule has 138 valence electrons. The van der Waals surface area contributed by atoms with Gasteiger partial charge in [0.1, 0.15) is 5.69 Å². The summed E-state index contributed by atoms with van der Waals surface area (Å²) >= 11 is 0. The molecule has 0 aliphatic heterocycles. The van der Waals surface area contributed by atoms with Crippen molar-refractivity contribution in [2.75, 3.05) is 0 Å². The van der Waals surface area contributed by atoms with E-state index in [1.807, 2.05) is 61.7 Å². The molecule has 0 fully saturated rings. The van der Waals surface area contributed by atoms with Gasteiger partial charge in [0.05, 0.1) is 18.2 Å². The number of hydrazone groups is 1. The maximum Gasteiger partial charge on any atom is 0.307 e. The molecule has 28 heavy (non-hydrogen) atoms. The first-order valence-corrected chi connectivity index (χ1v) is 8.80. The van der Waals surface area contributed by atoms with Crippen molar-refractivity contribution in [3.05, 3.63) is 96.1 Å². The van der Waals surface area contributed by atoms with Crippen molar-refractivity contribution in [2.45, 2.75) is 6.92 Å². The Balaban J connectivity index is 1.67. The van der Waals surface area contributed by atoms with Gasteiger partial charge in [-0.25, -0.2) is 10.1 Å². The minimum absolute atomic E-state index is 0.205. The highest BCUT2D eigenvalue weighted by molar-refractivity contribution is 5.93. The number of aryl methyl sites for hydroxylation is 1. The number of rotatable bonds is 5. The lowest BCUT2D eigenvalue weighted by Gasteiger charge is -2.01. The first-order chi connectivity index (χ1) is 13.7. The fourth-order valence-electron chi connectivity index (χ4n) is 2.83. The first kappa shape index (κ1) is 17.5. The normalized spacial score (nSPS) is 11.0. The summed E-state index contributed by atoms with van der Waals surface area (Å²) in [6.07, 6.45) is 4.92. The van der Waals surface area contributed by atoms with E-state index < -0.39 is 5.91 Å². The minimum Gasteiger partial charge on any atom is -0.459 e. The number of aromatic nitrogens is 2. The third kappa shape index (κ3) is 3.76. The van der Waals surface area contributed by atoms with Crippen LogP contribution in [0.25, 0.3) is 16.9 Å². The third-order valence-corrected chi connectivity index (χ3v) is 4.17. The van der Waals surface area contributed by atoms with Crippen LogP contribution in [0.2, 0.25) is 0 Å². The molecular weight excluding hydrogens is 352 g/mol. The van der Waals surface area contributed by atoms with Crippen LogP contribution >= 0.6 is 0 Å². The molecule has 0 unspecified atom stereocenters. The fourth-order valence-corrected chi connectivity index (χ4v) is 2.83. The highest BCUT2D eigenvalue weighted by Gasteiger charge is 2.12. The van der Waals surface area contributed by atoms with Crippen LogP contribution in [0.15, 0.2) is 88.7 Å². The summed E-state index contributed by atoms with van der Waals surface area (Å²) in [5.74, 6) is -0.204. The Morgan fingerprint density at radius 3 is 2.71 bits per heavy atom. The van der Waals surface area contributed by atoms with Crippen LogP contribution in [0.3, 0.4) is 0 Å². The quantitative estimate of drug-likeness (QED) is 0.423. The van der Waals surface area contributed by atoms with Crippen LogP contribution in [0, 0.1) is 6.92 Å².